The van der Waals surface area contributed by atoms with E-state index in [1.54, 1.807) is 6.07 Å². The van der Waals surface area contributed by atoms with Crippen LogP contribution in [0.4, 0.5) is 10.1 Å². The number of hydrogen-bond donors (Lipinski definition) is 2. The van der Waals surface area contributed by atoms with E-state index in [9.17, 15) is 9.18 Å². The van der Waals surface area contributed by atoms with Crippen molar-refractivity contribution in [3.8, 4) is 0 Å². The van der Waals surface area contributed by atoms with Gasteiger partial charge in [0.25, 0.3) is 0 Å². The quantitative estimate of drug-likeness (QED) is 0.836. The number of piperidine rings is 1. The lowest BCUT2D eigenvalue weighted by Crippen LogP contribution is -2.54. The summed E-state index contributed by atoms with van der Waals surface area (Å²) in [5.74, 6) is -1.18. The molecule has 2 atom stereocenters. The number of carbonyl (C=O) groups is 1. The lowest BCUT2D eigenvalue weighted by molar-refractivity contribution is -0.124. The Labute approximate surface area is 121 Å². The number of amides is 1. The van der Waals surface area contributed by atoms with Gasteiger partial charge in [-0.05, 0) is 25.0 Å². The van der Waals surface area contributed by atoms with E-state index in [1.807, 2.05) is 4.90 Å². The molecule has 106 valence electrons. The van der Waals surface area contributed by atoms with E-state index < -0.39 is 5.82 Å². The minimum absolute atomic E-state index is 0.325. The summed E-state index contributed by atoms with van der Waals surface area (Å²) in [6.07, 6.45) is 1.21. The third-order valence-electron chi connectivity index (χ3n) is 4.00. The van der Waals surface area contributed by atoms with Gasteiger partial charge in [-0.1, -0.05) is 18.2 Å². The molecule has 0 saturated carbocycles. The highest BCUT2D eigenvalue weighted by molar-refractivity contribution is 6.30. The molecule has 3 rings (SSSR count). The molecule has 0 aliphatic carbocycles. The van der Waals surface area contributed by atoms with Crippen molar-refractivity contribution >= 4 is 28.9 Å². The fourth-order valence-corrected chi connectivity index (χ4v) is 3.23. The molecule has 20 heavy (non-hydrogen) atoms. The lowest BCUT2D eigenvalue weighted by atomic mass is 9.89. The van der Waals surface area contributed by atoms with E-state index in [-0.39, 0.29) is 18.0 Å². The van der Waals surface area contributed by atoms with Gasteiger partial charge in [0.05, 0.1) is 11.6 Å². The largest absolute Gasteiger partial charge is 0.369 e. The van der Waals surface area contributed by atoms with Crippen LogP contribution >= 0.6 is 11.6 Å². The summed E-state index contributed by atoms with van der Waals surface area (Å²) >= 11 is 5.90. The number of nitrogens with two attached hydrogens (primary N) is 1. The number of nitrogens with zero attached hydrogens (tertiary/aromatic N) is 1. The molecule has 1 aromatic carbocycles. The molecule has 0 bridgehead atoms. The first-order valence-electron chi connectivity index (χ1n) is 6.50. The summed E-state index contributed by atoms with van der Waals surface area (Å²) in [4.78, 5) is 13.5. The number of fused-ring (bicyclic) bond motifs is 2. The lowest BCUT2D eigenvalue weighted by Gasteiger charge is -2.46. The number of nitrogens with one attached hydrogen (secondary N) is 1. The summed E-state index contributed by atoms with van der Waals surface area (Å²) in [5.41, 5.74) is 7.11. The second kappa shape index (κ2) is 4.66. The molecule has 2 aliphatic heterocycles. The number of hydrogen-bond acceptors (Lipinski definition) is 3. The fourth-order valence-electron chi connectivity index (χ4n) is 3.03. The van der Waals surface area contributed by atoms with E-state index in [1.165, 1.54) is 6.07 Å². The second-order valence-electron chi connectivity index (χ2n) is 5.19. The van der Waals surface area contributed by atoms with Crippen molar-refractivity contribution < 1.29 is 9.18 Å². The Balaban J connectivity index is 2.07. The fraction of sp³-hybridized carbons (Fsp3) is 0.357. The maximum Gasteiger partial charge on any atom is 0.224 e. The molecule has 0 radical (unpaired) electrons. The van der Waals surface area contributed by atoms with Crippen LogP contribution in [0.2, 0.25) is 5.02 Å². The molecule has 2 unspecified atom stereocenters. The Morgan fingerprint density at radius 1 is 1.55 bits per heavy atom. The number of anilines is 1. The summed E-state index contributed by atoms with van der Waals surface area (Å²) in [5, 5.41) is 3.41. The van der Waals surface area contributed by atoms with Crippen LogP contribution in [0.15, 0.2) is 18.7 Å². The summed E-state index contributed by atoms with van der Waals surface area (Å²) in [6.45, 7) is 4.78. The van der Waals surface area contributed by atoms with Crippen molar-refractivity contribution in [1.29, 1.82) is 0 Å². The van der Waals surface area contributed by atoms with Gasteiger partial charge in [-0.15, -0.1) is 0 Å². The van der Waals surface area contributed by atoms with Crippen molar-refractivity contribution in [3.05, 3.63) is 35.1 Å². The van der Waals surface area contributed by atoms with Crippen LogP contribution in [0.25, 0.3) is 5.70 Å². The molecule has 0 aromatic heterocycles. The van der Waals surface area contributed by atoms with Crippen LogP contribution in [0.3, 0.4) is 0 Å². The molecule has 2 heterocycles. The number of carbonyl (C=O) groups excluding carboxylic acids is 1. The first kappa shape index (κ1) is 13.2. The molecule has 1 amide bonds. The van der Waals surface area contributed by atoms with Crippen molar-refractivity contribution in [3.63, 3.8) is 0 Å². The SMILES string of the molecule is C=C1c2cc(Cl)cc(F)c2NC2C(C(N)=O)CCCN12. The Morgan fingerprint density at radius 2 is 2.30 bits per heavy atom. The van der Waals surface area contributed by atoms with E-state index in [0.717, 1.165) is 13.0 Å². The Kier molecular flexibility index (Phi) is 3.09. The average Bonchev–Trinajstić information content (AvgIpc) is 2.39. The maximum absolute atomic E-state index is 14.1. The predicted molar refractivity (Wildman–Crippen MR) is 76.5 cm³/mol. The number of rotatable bonds is 1. The molecule has 1 aromatic rings. The second-order valence-corrected chi connectivity index (χ2v) is 5.63. The summed E-state index contributed by atoms with van der Waals surface area (Å²) in [7, 11) is 0. The Hall–Kier alpha value is -1.75. The normalized spacial score (nSPS) is 24.7. The first-order valence-corrected chi connectivity index (χ1v) is 6.87. The average molecular weight is 296 g/mol. The van der Waals surface area contributed by atoms with Crippen LogP contribution in [0, 0.1) is 11.7 Å². The molecule has 6 heteroatoms. The number of benzene rings is 1. The number of halogens is 2. The molecule has 0 spiro atoms. The van der Waals surface area contributed by atoms with Gasteiger partial charge in [0.2, 0.25) is 5.91 Å². The molecular weight excluding hydrogens is 281 g/mol. The summed E-state index contributed by atoms with van der Waals surface area (Å²) in [6, 6.07) is 2.93. The highest BCUT2D eigenvalue weighted by Crippen LogP contribution is 2.40. The van der Waals surface area contributed by atoms with Crippen molar-refractivity contribution in [2.24, 2.45) is 11.7 Å². The molecule has 1 saturated heterocycles. The minimum Gasteiger partial charge on any atom is -0.369 e. The molecule has 4 nitrogen and oxygen atoms in total. The zero-order valence-corrected chi connectivity index (χ0v) is 11.6. The van der Waals surface area contributed by atoms with Crippen LogP contribution in [-0.2, 0) is 4.79 Å². The summed E-state index contributed by atoms with van der Waals surface area (Å²) < 4.78 is 14.1. The maximum atomic E-state index is 14.1. The van der Waals surface area contributed by atoms with Gasteiger partial charge in [-0.25, -0.2) is 4.39 Å². The molecule has 1 fully saturated rings. The zero-order chi connectivity index (χ0) is 14.4. The van der Waals surface area contributed by atoms with Gasteiger partial charge < -0.3 is 16.0 Å². The molecule has 3 N–H and O–H groups in total. The predicted octanol–water partition coefficient (Wildman–Crippen LogP) is 2.40. The Morgan fingerprint density at radius 3 is 3.00 bits per heavy atom. The van der Waals surface area contributed by atoms with Crippen molar-refractivity contribution in [2.45, 2.75) is 19.0 Å². The van der Waals surface area contributed by atoms with Crippen LogP contribution in [-0.4, -0.2) is 23.5 Å². The van der Waals surface area contributed by atoms with E-state index in [0.29, 0.717) is 28.4 Å². The minimum atomic E-state index is -0.443. The third-order valence-corrected chi connectivity index (χ3v) is 4.22. The molecular formula is C14H15ClFN3O. The van der Waals surface area contributed by atoms with Gasteiger partial charge in [0.1, 0.15) is 12.0 Å². The van der Waals surface area contributed by atoms with Crippen molar-refractivity contribution in [1.82, 2.24) is 4.90 Å². The Bertz CT molecular complexity index is 604. The molecule has 2 aliphatic rings. The van der Waals surface area contributed by atoms with Gasteiger partial charge >= 0.3 is 0 Å². The van der Waals surface area contributed by atoms with E-state index in [2.05, 4.69) is 11.9 Å². The standard InChI is InChI=1S/C14H15ClFN3O/c1-7-10-5-8(15)6-11(16)12(10)18-14-9(13(17)20)3-2-4-19(7)14/h5-6,9,14,18H,1-4H2,(H2,17,20). The highest BCUT2D eigenvalue weighted by atomic mass is 35.5. The van der Waals surface area contributed by atoms with Crippen LogP contribution < -0.4 is 11.1 Å². The smallest absolute Gasteiger partial charge is 0.224 e. The highest BCUT2D eigenvalue weighted by Gasteiger charge is 2.40. The monoisotopic (exact) mass is 295 g/mol. The van der Waals surface area contributed by atoms with Gasteiger partial charge in [-0.3, -0.25) is 4.79 Å². The van der Waals surface area contributed by atoms with Crippen molar-refractivity contribution in [2.75, 3.05) is 11.9 Å². The van der Waals surface area contributed by atoms with Gasteiger partial charge in [-0.2, -0.15) is 0 Å². The third kappa shape index (κ3) is 1.93. The number of primary amides is 1. The van der Waals surface area contributed by atoms with Gasteiger partial charge in [0, 0.05) is 22.8 Å². The van der Waals surface area contributed by atoms with Crippen LogP contribution in [0.5, 0.6) is 0 Å². The van der Waals surface area contributed by atoms with Gasteiger partial charge in [0.15, 0.2) is 0 Å². The topological polar surface area (TPSA) is 58.4 Å². The van der Waals surface area contributed by atoms with E-state index in [4.69, 9.17) is 17.3 Å². The van der Waals surface area contributed by atoms with Crippen LogP contribution in [0.1, 0.15) is 18.4 Å². The zero-order valence-electron chi connectivity index (χ0n) is 10.8. The van der Waals surface area contributed by atoms with E-state index >= 15 is 0 Å². The first-order chi connectivity index (χ1) is 9.49.